The minimum Gasteiger partial charge on any atom is -0.508 e. The SMILES string of the molecule is Cl.O=C(N1CCNCC1)C1(c2cccc(O)c2)CCCCC1. The number of rotatable bonds is 2. The fourth-order valence-corrected chi connectivity index (χ4v) is 3.76. The zero-order valence-corrected chi connectivity index (χ0v) is 13.7. The van der Waals surface area contributed by atoms with E-state index in [0.29, 0.717) is 0 Å². The number of hydrogen-bond donors (Lipinski definition) is 2. The first-order chi connectivity index (χ1) is 10.2. The summed E-state index contributed by atoms with van der Waals surface area (Å²) < 4.78 is 0. The third kappa shape index (κ3) is 3.23. The van der Waals surface area contributed by atoms with Gasteiger partial charge in [0.2, 0.25) is 5.91 Å². The van der Waals surface area contributed by atoms with Gasteiger partial charge in [0, 0.05) is 26.2 Å². The zero-order valence-electron chi connectivity index (χ0n) is 12.9. The summed E-state index contributed by atoms with van der Waals surface area (Å²) in [5, 5.41) is 13.1. The van der Waals surface area contributed by atoms with Gasteiger partial charge in [-0.2, -0.15) is 0 Å². The van der Waals surface area contributed by atoms with Crippen molar-refractivity contribution in [3.8, 4) is 5.75 Å². The van der Waals surface area contributed by atoms with Crippen molar-refractivity contribution in [1.82, 2.24) is 10.2 Å². The highest BCUT2D eigenvalue weighted by Gasteiger charge is 2.43. The van der Waals surface area contributed by atoms with Crippen LogP contribution in [0.3, 0.4) is 0 Å². The molecule has 1 saturated carbocycles. The van der Waals surface area contributed by atoms with Crippen LogP contribution in [0.4, 0.5) is 0 Å². The molecule has 0 unspecified atom stereocenters. The van der Waals surface area contributed by atoms with Gasteiger partial charge in [0.15, 0.2) is 0 Å². The van der Waals surface area contributed by atoms with Gasteiger partial charge in [-0.25, -0.2) is 0 Å². The van der Waals surface area contributed by atoms with E-state index in [-0.39, 0.29) is 24.1 Å². The molecule has 1 heterocycles. The summed E-state index contributed by atoms with van der Waals surface area (Å²) in [6.45, 7) is 3.34. The van der Waals surface area contributed by atoms with Crippen LogP contribution in [0.5, 0.6) is 5.75 Å². The summed E-state index contributed by atoms with van der Waals surface area (Å²) in [5.74, 6) is 0.514. The Morgan fingerprint density at radius 2 is 1.82 bits per heavy atom. The first-order valence-corrected chi connectivity index (χ1v) is 8.02. The number of carbonyl (C=O) groups is 1. The Kier molecular flexibility index (Phi) is 5.70. The lowest BCUT2D eigenvalue weighted by Crippen LogP contribution is -2.54. The molecule has 1 aromatic carbocycles. The number of aromatic hydroxyl groups is 1. The molecule has 0 bridgehead atoms. The van der Waals surface area contributed by atoms with Gasteiger partial charge in [0.05, 0.1) is 5.41 Å². The number of carbonyl (C=O) groups excluding carboxylic acids is 1. The fraction of sp³-hybridized carbons (Fsp3) is 0.588. The van der Waals surface area contributed by atoms with E-state index in [9.17, 15) is 9.90 Å². The maximum absolute atomic E-state index is 13.2. The highest BCUT2D eigenvalue weighted by molar-refractivity contribution is 5.88. The Morgan fingerprint density at radius 1 is 1.14 bits per heavy atom. The highest BCUT2D eigenvalue weighted by Crippen LogP contribution is 2.42. The van der Waals surface area contributed by atoms with Crippen molar-refractivity contribution in [1.29, 1.82) is 0 Å². The minimum atomic E-state index is -0.422. The molecule has 4 nitrogen and oxygen atoms in total. The predicted molar refractivity (Wildman–Crippen MR) is 89.6 cm³/mol. The monoisotopic (exact) mass is 324 g/mol. The highest BCUT2D eigenvalue weighted by atomic mass is 35.5. The van der Waals surface area contributed by atoms with Gasteiger partial charge in [0.25, 0.3) is 0 Å². The lowest BCUT2D eigenvalue weighted by molar-refractivity contribution is -0.139. The number of hydrogen-bond acceptors (Lipinski definition) is 3. The summed E-state index contributed by atoms with van der Waals surface area (Å²) in [5.41, 5.74) is 0.569. The van der Waals surface area contributed by atoms with Crippen molar-refractivity contribution < 1.29 is 9.90 Å². The maximum Gasteiger partial charge on any atom is 0.233 e. The van der Waals surface area contributed by atoms with E-state index in [1.54, 1.807) is 12.1 Å². The van der Waals surface area contributed by atoms with Crippen molar-refractivity contribution in [2.75, 3.05) is 26.2 Å². The van der Waals surface area contributed by atoms with Crippen molar-refractivity contribution in [2.45, 2.75) is 37.5 Å². The molecule has 1 aliphatic carbocycles. The topological polar surface area (TPSA) is 52.6 Å². The molecule has 1 amide bonds. The van der Waals surface area contributed by atoms with Gasteiger partial charge in [-0.05, 0) is 30.5 Å². The van der Waals surface area contributed by atoms with E-state index >= 15 is 0 Å². The average molecular weight is 325 g/mol. The second-order valence-electron chi connectivity index (χ2n) is 6.24. The van der Waals surface area contributed by atoms with E-state index in [2.05, 4.69) is 5.32 Å². The summed E-state index contributed by atoms with van der Waals surface area (Å²) in [6.07, 6.45) is 5.19. The third-order valence-corrected chi connectivity index (χ3v) is 4.92. The van der Waals surface area contributed by atoms with Crippen molar-refractivity contribution in [2.24, 2.45) is 0 Å². The number of piperazine rings is 1. The maximum atomic E-state index is 13.2. The molecular formula is C17H25ClN2O2. The number of phenolic OH excluding ortho intramolecular Hbond substituents is 1. The lowest BCUT2D eigenvalue weighted by Gasteiger charge is -2.41. The quantitative estimate of drug-likeness (QED) is 0.878. The van der Waals surface area contributed by atoms with Crippen molar-refractivity contribution in [3.63, 3.8) is 0 Å². The summed E-state index contributed by atoms with van der Waals surface area (Å²) in [7, 11) is 0. The number of amides is 1. The largest absolute Gasteiger partial charge is 0.508 e. The smallest absolute Gasteiger partial charge is 0.233 e. The molecule has 3 rings (SSSR count). The third-order valence-electron chi connectivity index (χ3n) is 4.92. The van der Waals surface area contributed by atoms with Gasteiger partial charge >= 0.3 is 0 Å². The Morgan fingerprint density at radius 3 is 2.45 bits per heavy atom. The van der Waals surface area contributed by atoms with Crippen LogP contribution in [0, 0.1) is 0 Å². The van der Waals surface area contributed by atoms with E-state index < -0.39 is 5.41 Å². The van der Waals surface area contributed by atoms with Crippen LogP contribution < -0.4 is 5.32 Å². The van der Waals surface area contributed by atoms with E-state index in [1.165, 1.54) is 6.42 Å². The molecule has 1 saturated heterocycles. The van der Waals surface area contributed by atoms with Gasteiger partial charge in [-0.15, -0.1) is 12.4 Å². The van der Waals surface area contributed by atoms with E-state index in [1.807, 2.05) is 17.0 Å². The molecule has 0 spiro atoms. The number of nitrogens with zero attached hydrogens (tertiary/aromatic N) is 1. The normalized spacial score (nSPS) is 21.0. The number of halogens is 1. The molecule has 0 radical (unpaired) electrons. The molecular weight excluding hydrogens is 300 g/mol. The predicted octanol–water partition coefficient (Wildman–Crippen LogP) is 2.45. The van der Waals surface area contributed by atoms with E-state index in [4.69, 9.17) is 0 Å². The first-order valence-electron chi connectivity index (χ1n) is 8.02. The Hall–Kier alpha value is -1.26. The summed E-state index contributed by atoms with van der Waals surface area (Å²) in [4.78, 5) is 15.2. The molecule has 2 N–H and O–H groups in total. The minimum absolute atomic E-state index is 0. The average Bonchev–Trinajstić information content (AvgIpc) is 2.55. The van der Waals surface area contributed by atoms with Crippen LogP contribution >= 0.6 is 12.4 Å². The molecule has 2 aliphatic rings. The molecule has 5 heteroatoms. The van der Waals surface area contributed by atoms with Crippen molar-refractivity contribution in [3.05, 3.63) is 29.8 Å². The van der Waals surface area contributed by atoms with Crippen LogP contribution in [0.15, 0.2) is 24.3 Å². The Labute approximate surface area is 138 Å². The number of nitrogens with one attached hydrogen (secondary N) is 1. The van der Waals surface area contributed by atoms with Crippen molar-refractivity contribution >= 4 is 18.3 Å². The fourth-order valence-electron chi connectivity index (χ4n) is 3.76. The Balaban J connectivity index is 0.00000176. The first kappa shape index (κ1) is 17.1. The second kappa shape index (κ2) is 7.34. The van der Waals surface area contributed by atoms with Gasteiger partial charge < -0.3 is 15.3 Å². The second-order valence-corrected chi connectivity index (χ2v) is 6.24. The molecule has 1 aromatic rings. The standard InChI is InChI=1S/C17H24N2O2.ClH/c20-15-6-4-5-14(13-15)17(7-2-1-3-8-17)16(21)19-11-9-18-10-12-19;/h4-6,13,18,20H,1-3,7-12H2;1H. The molecule has 0 aromatic heterocycles. The molecule has 22 heavy (non-hydrogen) atoms. The van der Waals surface area contributed by atoms with Crippen LogP contribution in [0.2, 0.25) is 0 Å². The summed E-state index contributed by atoms with van der Waals surface area (Å²) in [6, 6.07) is 7.32. The van der Waals surface area contributed by atoms with Crippen LogP contribution in [-0.2, 0) is 10.2 Å². The zero-order chi connectivity index (χ0) is 14.7. The molecule has 1 aliphatic heterocycles. The molecule has 122 valence electrons. The molecule has 0 atom stereocenters. The van der Waals surface area contributed by atoms with E-state index in [0.717, 1.165) is 57.4 Å². The summed E-state index contributed by atoms with van der Waals surface area (Å²) >= 11 is 0. The molecule has 2 fully saturated rings. The van der Waals surface area contributed by atoms with Gasteiger partial charge in [-0.3, -0.25) is 4.79 Å². The van der Waals surface area contributed by atoms with Gasteiger partial charge in [-0.1, -0.05) is 31.4 Å². The Bertz CT molecular complexity index is 509. The number of benzene rings is 1. The van der Waals surface area contributed by atoms with Crippen LogP contribution in [-0.4, -0.2) is 42.1 Å². The van der Waals surface area contributed by atoms with Crippen LogP contribution in [0.25, 0.3) is 0 Å². The van der Waals surface area contributed by atoms with Gasteiger partial charge in [0.1, 0.15) is 5.75 Å². The van der Waals surface area contributed by atoms with Crippen LogP contribution in [0.1, 0.15) is 37.7 Å². The number of phenols is 1. The lowest BCUT2D eigenvalue weighted by atomic mass is 9.68.